The molecule has 1 aromatic heterocycles. The molecule has 2 rings (SSSR count). The van der Waals surface area contributed by atoms with Crippen LogP contribution in [0.3, 0.4) is 0 Å². The van der Waals surface area contributed by atoms with Crippen molar-refractivity contribution in [2.24, 2.45) is 0 Å². The minimum atomic E-state index is -4.33. The Morgan fingerprint density at radius 3 is 2.32 bits per heavy atom. The third kappa shape index (κ3) is 3.37. The molecule has 1 aromatic carbocycles. The van der Waals surface area contributed by atoms with Crippen LogP contribution in [0.25, 0.3) is 0 Å². The number of nitrogens with zero attached hydrogens (tertiary/aromatic N) is 1. The highest BCUT2D eigenvalue weighted by molar-refractivity contribution is 9.10. The molecule has 0 spiro atoms. The third-order valence-corrected chi connectivity index (χ3v) is 2.94. The summed E-state index contributed by atoms with van der Waals surface area (Å²) in [6.07, 6.45) is -2.88. The number of benzene rings is 1. The van der Waals surface area contributed by atoms with Crippen molar-refractivity contribution in [2.75, 3.05) is 11.1 Å². The molecule has 0 saturated carbocycles. The minimum absolute atomic E-state index is 0.481. The summed E-state index contributed by atoms with van der Waals surface area (Å²) in [7, 11) is 0. The molecule has 0 unspecified atom stereocenters. The van der Waals surface area contributed by atoms with Crippen molar-refractivity contribution in [1.29, 1.82) is 0 Å². The molecule has 0 aliphatic carbocycles. The summed E-state index contributed by atoms with van der Waals surface area (Å²) in [5.74, 6) is 0.481. The first-order chi connectivity index (χ1) is 8.86. The highest BCUT2D eigenvalue weighted by atomic mass is 79.9. The molecule has 0 radical (unpaired) electrons. The standard InChI is InChI=1S/C12H9BrF3N3/c13-10-5-8(17)6-18-11(10)19-9-3-1-7(2-4-9)12(14,15)16/h1-6H,17H2,(H,18,19). The fourth-order valence-electron chi connectivity index (χ4n) is 1.42. The Bertz CT molecular complexity index is 582. The van der Waals surface area contributed by atoms with Crippen LogP contribution < -0.4 is 11.1 Å². The summed E-state index contributed by atoms with van der Waals surface area (Å²) in [5.41, 5.74) is 5.85. The van der Waals surface area contributed by atoms with Crippen LogP contribution in [-0.4, -0.2) is 4.98 Å². The van der Waals surface area contributed by atoms with Crippen molar-refractivity contribution in [3.8, 4) is 0 Å². The van der Waals surface area contributed by atoms with E-state index in [1.54, 1.807) is 6.07 Å². The zero-order valence-corrected chi connectivity index (χ0v) is 11.1. The van der Waals surface area contributed by atoms with E-state index in [9.17, 15) is 13.2 Å². The SMILES string of the molecule is Nc1cnc(Nc2ccc(C(F)(F)F)cc2)c(Br)c1. The topological polar surface area (TPSA) is 50.9 Å². The third-order valence-electron chi connectivity index (χ3n) is 2.34. The van der Waals surface area contributed by atoms with Crippen molar-refractivity contribution in [2.45, 2.75) is 6.18 Å². The number of aromatic nitrogens is 1. The molecular formula is C12H9BrF3N3. The van der Waals surface area contributed by atoms with E-state index in [0.717, 1.165) is 12.1 Å². The smallest absolute Gasteiger partial charge is 0.397 e. The number of nitrogen functional groups attached to an aromatic ring is 1. The van der Waals surface area contributed by atoms with Gasteiger partial charge in [-0.3, -0.25) is 0 Å². The molecule has 7 heteroatoms. The molecule has 1 heterocycles. The van der Waals surface area contributed by atoms with Gasteiger partial charge < -0.3 is 11.1 Å². The van der Waals surface area contributed by atoms with Crippen LogP contribution in [0.15, 0.2) is 41.0 Å². The molecule has 0 atom stereocenters. The molecule has 2 aromatic rings. The summed E-state index contributed by atoms with van der Waals surface area (Å²) in [5, 5.41) is 2.90. The van der Waals surface area contributed by atoms with Crippen molar-refractivity contribution >= 4 is 33.1 Å². The van der Waals surface area contributed by atoms with Gasteiger partial charge >= 0.3 is 6.18 Å². The number of nitrogens with one attached hydrogen (secondary N) is 1. The summed E-state index contributed by atoms with van der Waals surface area (Å²) < 4.78 is 37.8. The number of anilines is 3. The predicted molar refractivity (Wildman–Crippen MR) is 71.1 cm³/mol. The van der Waals surface area contributed by atoms with Gasteiger partial charge in [-0.05, 0) is 46.3 Å². The number of nitrogens with two attached hydrogens (primary N) is 1. The predicted octanol–water partition coefficient (Wildman–Crippen LogP) is 4.19. The van der Waals surface area contributed by atoms with Crippen molar-refractivity contribution in [3.05, 3.63) is 46.6 Å². The summed E-state index contributed by atoms with van der Waals surface area (Å²) in [4.78, 5) is 4.04. The number of hydrogen-bond donors (Lipinski definition) is 2. The molecule has 0 amide bonds. The van der Waals surface area contributed by atoms with Crippen LogP contribution in [0.1, 0.15) is 5.56 Å². The van der Waals surface area contributed by atoms with Crippen LogP contribution in [0.5, 0.6) is 0 Å². The Morgan fingerprint density at radius 2 is 1.79 bits per heavy atom. The molecule has 0 aliphatic heterocycles. The molecular weight excluding hydrogens is 323 g/mol. The second-order valence-electron chi connectivity index (χ2n) is 3.80. The average Bonchev–Trinajstić information content (AvgIpc) is 2.32. The van der Waals surface area contributed by atoms with Gasteiger partial charge in [0.05, 0.1) is 21.9 Å². The number of rotatable bonds is 2. The second kappa shape index (κ2) is 5.08. The monoisotopic (exact) mass is 331 g/mol. The molecule has 0 aliphatic rings. The van der Waals surface area contributed by atoms with E-state index in [0.29, 0.717) is 21.7 Å². The van der Waals surface area contributed by atoms with E-state index in [-0.39, 0.29) is 0 Å². The molecule has 3 N–H and O–H groups in total. The average molecular weight is 332 g/mol. The Kier molecular flexibility index (Phi) is 3.66. The minimum Gasteiger partial charge on any atom is -0.397 e. The maximum atomic E-state index is 12.4. The Hall–Kier alpha value is -1.76. The van der Waals surface area contributed by atoms with Crippen molar-refractivity contribution in [1.82, 2.24) is 4.98 Å². The van der Waals surface area contributed by atoms with Gasteiger partial charge in [-0.1, -0.05) is 0 Å². The number of pyridine rings is 1. The lowest BCUT2D eigenvalue weighted by Gasteiger charge is -2.10. The van der Waals surface area contributed by atoms with Gasteiger partial charge in [0.2, 0.25) is 0 Å². The Balaban J connectivity index is 2.20. The zero-order valence-electron chi connectivity index (χ0n) is 9.50. The molecule has 19 heavy (non-hydrogen) atoms. The van der Waals surface area contributed by atoms with Gasteiger partial charge in [0.25, 0.3) is 0 Å². The second-order valence-corrected chi connectivity index (χ2v) is 4.65. The summed E-state index contributed by atoms with van der Waals surface area (Å²) >= 11 is 3.27. The molecule has 3 nitrogen and oxygen atoms in total. The number of hydrogen-bond acceptors (Lipinski definition) is 3. The van der Waals surface area contributed by atoms with Crippen LogP contribution in [0.2, 0.25) is 0 Å². The van der Waals surface area contributed by atoms with E-state index in [4.69, 9.17) is 5.73 Å². The largest absolute Gasteiger partial charge is 0.416 e. The summed E-state index contributed by atoms with van der Waals surface area (Å²) in [6, 6.07) is 6.35. The van der Waals surface area contributed by atoms with E-state index in [2.05, 4.69) is 26.2 Å². The first-order valence-electron chi connectivity index (χ1n) is 5.21. The van der Waals surface area contributed by atoms with Crippen LogP contribution >= 0.6 is 15.9 Å². The lowest BCUT2D eigenvalue weighted by atomic mass is 10.2. The maximum Gasteiger partial charge on any atom is 0.416 e. The van der Waals surface area contributed by atoms with Crippen LogP contribution in [-0.2, 0) is 6.18 Å². The molecule has 0 fully saturated rings. The highest BCUT2D eigenvalue weighted by Crippen LogP contribution is 2.31. The zero-order chi connectivity index (χ0) is 14.0. The molecule has 0 bridgehead atoms. The lowest BCUT2D eigenvalue weighted by Crippen LogP contribution is -2.04. The van der Waals surface area contributed by atoms with Gasteiger partial charge in [-0.25, -0.2) is 4.98 Å². The fourth-order valence-corrected chi connectivity index (χ4v) is 1.89. The normalized spacial score (nSPS) is 11.4. The van der Waals surface area contributed by atoms with Crippen LogP contribution in [0.4, 0.5) is 30.4 Å². The van der Waals surface area contributed by atoms with E-state index < -0.39 is 11.7 Å². The molecule has 0 saturated heterocycles. The van der Waals surface area contributed by atoms with E-state index in [1.807, 2.05) is 0 Å². The van der Waals surface area contributed by atoms with Gasteiger partial charge in [-0.15, -0.1) is 0 Å². The maximum absolute atomic E-state index is 12.4. The van der Waals surface area contributed by atoms with Gasteiger partial charge in [0, 0.05) is 5.69 Å². The van der Waals surface area contributed by atoms with E-state index >= 15 is 0 Å². The van der Waals surface area contributed by atoms with Crippen molar-refractivity contribution in [3.63, 3.8) is 0 Å². The summed E-state index contributed by atoms with van der Waals surface area (Å²) in [6.45, 7) is 0. The van der Waals surface area contributed by atoms with Gasteiger partial charge in [0.15, 0.2) is 0 Å². The van der Waals surface area contributed by atoms with Crippen molar-refractivity contribution < 1.29 is 13.2 Å². The first-order valence-corrected chi connectivity index (χ1v) is 6.01. The van der Waals surface area contributed by atoms with Gasteiger partial charge in [0.1, 0.15) is 5.82 Å². The molecule has 100 valence electrons. The highest BCUT2D eigenvalue weighted by Gasteiger charge is 2.29. The fraction of sp³-hybridized carbons (Fsp3) is 0.0833. The quantitative estimate of drug-likeness (QED) is 0.867. The Labute approximate surface area is 115 Å². The van der Waals surface area contributed by atoms with E-state index in [1.165, 1.54) is 18.3 Å². The number of halogens is 4. The number of alkyl halides is 3. The lowest BCUT2D eigenvalue weighted by molar-refractivity contribution is -0.137. The van der Waals surface area contributed by atoms with Gasteiger partial charge in [-0.2, -0.15) is 13.2 Å². The Morgan fingerprint density at radius 1 is 1.16 bits per heavy atom. The van der Waals surface area contributed by atoms with Crippen LogP contribution in [0, 0.1) is 0 Å². The first kappa shape index (κ1) is 13.7.